The summed E-state index contributed by atoms with van der Waals surface area (Å²) in [7, 11) is 0. The van der Waals surface area contributed by atoms with Gasteiger partial charge in [0.2, 0.25) is 0 Å². The molecule has 1 fully saturated rings. The van der Waals surface area contributed by atoms with Gasteiger partial charge >= 0.3 is 6.18 Å². The Kier molecular flexibility index (Phi) is 4.20. The lowest BCUT2D eigenvalue weighted by Crippen LogP contribution is -2.41. The predicted molar refractivity (Wildman–Crippen MR) is 54.7 cm³/mol. The highest BCUT2D eigenvalue weighted by molar-refractivity contribution is 4.91. The highest BCUT2D eigenvalue weighted by atomic mass is 19.4. The van der Waals surface area contributed by atoms with Crippen molar-refractivity contribution in [3.05, 3.63) is 0 Å². The van der Waals surface area contributed by atoms with Gasteiger partial charge < -0.3 is 5.32 Å². The van der Waals surface area contributed by atoms with Crippen LogP contribution >= 0.6 is 0 Å². The third-order valence-corrected chi connectivity index (χ3v) is 3.29. The molecule has 0 unspecified atom stereocenters. The lowest BCUT2D eigenvalue weighted by atomic mass is 9.72. The lowest BCUT2D eigenvalue weighted by Gasteiger charge is -2.36. The van der Waals surface area contributed by atoms with Crippen LogP contribution in [0.4, 0.5) is 13.2 Å². The first kappa shape index (κ1) is 13.3. The summed E-state index contributed by atoms with van der Waals surface area (Å²) in [6, 6.07) is 2.10. The quantitative estimate of drug-likeness (QED) is 0.814. The molecular formula is C11H17F3N2. The van der Waals surface area contributed by atoms with Crippen LogP contribution in [0.2, 0.25) is 0 Å². The minimum atomic E-state index is -4.13. The van der Waals surface area contributed by atoms with Gasteiger partial charge in [-0.05, 0) is 31.1 Å². The van der Waals surface area contributed by atoms with Crippen LogP contribution in [-0.2, 0) is 0 Å². The molecule has 0 saturated heterocycles. The molecule has 1 N–H and O–H groups in total. The van der Waals surface area contributed by atoms with E-state index in [1.54, 1.807) is 0 Å². The molecule has 0 heterocycles. The highest BCUT2D eigenvalue weighted by Crippen LogP contribution is 2.38. The molecule has 0 aromatic rings. The van der Waals surface area contributed by atoms with Crippen LogP contribution in [0, 0.1) is 16.7 Å². The van der Waals surface area contributed by atoms with Crippen LogP contribution < -0.4 is 5.32 Å². The van der Waals surface area contributed by atoms with E-state index in [1.807, 2.05) is 6.92 Å². The summed E-state index contributed by atoms with van der Waals surface area (Å²) in [6.07, 6.45) is -0.513. The molecule has 0 spiro atoms. The largest absolute Gasteiger partial charge is 0.401 e. The Labute approximate surface area is 93.8 Å². The van der Waals surface area contributed by atoms with Crippen LogP contribution in [0.15, 0.2) is 0 Å². The van der Waals surface area contributed by atoms with Crippen molar-refractivity contribution in [3.8, 4) is 6.07 Å². The number of rotatable bonds is 3. The van der Waals surface area contributed by atoms with Crippen LogP contribution in [0.25, 0.3) is 0 Å². The molecule has 1 saturated carbocycles. The van der Waals surface area contributed by atoms with E-state index >= 15 is 0 Å². The van der Waals surface area contributed by atoms with E-state index in [-0.39, 0.29) is 11.5 Å². The third-order valence-electron chi connectivity index (χ3n) is 3.29. The van der Waals surface area contributed by atoms with Gasteiger partial charge in [-0.25, -0.2) is 0 Å². The lowest BCUT2D eigenvalue weighted by molar-refractivity contribution is -0.126. The van der Waals surface area contributed by atoms with Crippen LogP contribution in [0.5, 0.6) is 0 Å². The second-order valence-electron chi connectivity index (χ2n) is 4.92. The molecule has 1 aliphatic rings. The predicted octanol–water partition coefficient (Wildman–Crippen LogP) is 3.00. The first-order valence-corrected chi connectivity index (χ1v) is 5.52. The first-order chi connectivity index (χ1) is 7.35. The normalized spacial score (nSPS) is 31.1. The van der Waals surface area contributed by atoms with Crippen molar-refractivity contribution in [1.82, 2.24) is 5.32 Å². The summed E-state index contributed by atoms with van der Waals surface area (Å²) in [4.78, 5) is 0. The number of hydrogen-bond acceptors (Lipinski definition) is 2. The summed E-state index contributed by atoms with van der Waals surface area (Å²) < 4.78 is 35.9. The standard InChI is InChI=1S/C11H17F3N2/c1-10(6-7-15)4-2-9(3-5-10)16-8-11(12,13)14/h9,16H,2-6,8H2,1H3/t9-,10+. The van der Waals surface area contributed by atoms with Crippen molar-refractivity contribution in [2.45, 2.75) is 51.2 Å². The molecule has 5 heteroatoms. The Bertz CT molecular complexity index is 259. The molecule has 0 bridgehead atoms. The maximum atomic E-state index is 12.0. The molecule has 0 radical (unpaired) electrons. The first-order valence-electron chi connectivity index (χ1n) is 5.52. The summed E-state index contributed by atoms with van der Waals surface area (Å²) >= 11 is 0. The minimum Gasteiger partial charge on any atom is -0.306 e. The van der Waals surface area contributed by atoms with Crippen molar-refractivity contribution >= 4 is 0 Å². The molecule has 1 rings (SSSR count). The fraction of sp³-hybridized carbons (Fsp3) is 0.909. The topological polar surface area (TPSA) is 35.8 Å². The molecule has 0 atom stereocenters. The summed E-state index contributed by atoms with van der Waals surface area (Å²) in [5.74, 6) is 0. The monoisotopic (exact) mass is 234 g/mol. The zero-order valence-corrected chi connectivity index (χ0v) is 9.40. The van der Waals surface area contributed by atoms with Gasteiger partial charge in [-0.1, -0.05) is 6.92 Å². The van der Waals surface area contributed by atoms with Crippen molar-refractivity contribution in [2.24, 2.45) is 5.41 Å². The second kappa shape index (κ2) is 5.05. The van der Waals surface area contributed by atoms with Gasteiger partial charge in [-0.2, -0.15) is 18.4 Å². The van der Waals surface area contributed by atoms with Crippen LogP contribution in [0.1, 0.15) is 39.0 Å². The van der Waals surface area contributed by atoms with Gasteiger partial charge in [-0.3, -0.25) is 0 Å². The molecule has 0 amide bonds. The number of nitriles is 1. The van der Waals surface area contributed by atoms with E-state index in [2.05, 4.69) is 11.4 Å². The van der Waals surface area contributed by atoms with Gasteiger partial charge in [0.05, 0.1) is 12.6 Å². The Balaban J connectivity index is 2.30. The van der Waals surface area contributed by atoms with E-state index in [9.17, 15) is 13.2 Å². The van der Waals surface area contributed by atoms with Crippen molar-refractivity contribution < 1.29 is 13.2 Å². The summed E-state index contributed by atoms with van der Waals surface area (Å²) in [6.45, 7) is 1.13. The van der Waals surface area contributed by atoms with Crippen molar-refractivity contribution in [3.63, 3.8) is 0 Å². The average Bonchev–Trinajstić information content (AvgIpc) is 2.16. The average molecular weight is 234 g/mol. The Morgan fingerprint density at radius 3 is 2.38 bits per heavy atom. The van der Waals surface area contributed by atoms with Crippen LogP contribution in [0.3, 0.4) is 0 Å². The minimum absolute atomic E-state index is 0.00512. The summed E-state index contributed by atoms with van der Waals surface area (Å²) in [5, 5.41) is 11.2. The van der Waals surface area contributed by atoms with E-state index < -0.39 is 12.7 Å². The maximum absolute atomic E-state index is 12.0. The van der Waals surface area contributed by atoms with Gasteiger partial charge in [-0.15, -0.1) is 0 Å². The zero-order chi connectivity index (χ0) is 12.2. The van der Waals surface area contributed by atoms with E-state index in [1.165, 1.54) is 0 Å². The molecule has 0 aromatic heterocycles. The van der Waals surface area contributed by atoms with E-state index in [0.29, 0.717) is 6.42 Å². The summed E-state index contributed by atoms with van der Waals surface area (Å²) in [5.41, 5.74) is 0.00512. The van der Waals surface area contributed by atoms with Gasteiger partial charge in [0, 0.05) is 12.5 Å². The number of nitrogens with one attached hydrogen (secondary N) is 1. The number of nitrogens with zero attached hydrogens (tertiary/aromatic N) is 1. The second-order valence-corrected chi connectivity index (χ2v) is 4.92. The smallest absolute Gasteiger partial charge is 0.306 e. The molecule has 1 aliphatic carbocycles. The van der Waals surface area contributed by atoms with E-state index in [4.69, 9.17) is 5.26 Å². The Hall–Kier alpha value is -0.760. The van der Waals surface area contributed by atoms with Crippen molar-refractivity contribution in [2.75, 3.05) is 6.54 Å². The number of hydrogen-bond donors (Lipinski definition) is 1. The fourth-order valence-corrected chi connectivity index (χ4v) is 2.15. The van der Waals surface area contributed by atoms with Crippen LogP contribution in [-0.4, -0.2) is 18.8 Å². The molecule has 2 nitrogen and oxygen atoms in total. The molecule has 92 valence electrons. The van der Waals surface area contributed by atoms with Gasteiger partial charge in [0.1, 0.15) is 0 Å². The molecule has 16 heavy (non-hydrogen) atoms. The molecule has 0 aromatic carbocycles. The Morgan fingerprint density at radius 2 is 1.94 bits per heavy atom. The number of halogens is 3. The highest BCUT2D eigenvalue weighted by Gasteiger charge is 2.33. The number of alkyl halides is 3. The van der Waals surface area contributed by atoms with Gasteiger partial charge in [0.15, 0.2) is 0 Å². The third kappa shape index (κ3) is 4.40. The zero-order valence-electron chi connectivity index (χ0n) is 9.40. The maximum Gasteiger partial charge on any atom is 0.401 e. The SMILES string of the molecule is C[C@]1(CC#N)CC[C@@H](NCC(F)(F)F)CC1. The Morgan fingerprint density at radius 1 is 1.38 bits per heavy atom. The van der Waals surface area contributed by atoms with Crippen molar-refractivity contribution in [1.29, 1.82) is 5.26 Å². The van der Waals surface area contributed by atoms with E-state index in [0.717, 1.165) is 25.7 Å². The molecular weight excluding hydrogens is 217 g/mol. The molecule has 0 aliphatic heterocycles. The fourth-order valence-electron chi connectivity index (χ4n) is 2.15. The van der Waals surface area contributed by atoms with Gasteiger partial charge in [0.25, 0.3) is 0 Å².